The highest BCUT2D eigenvalue weighted by atomic mass is 32.2. The minimum atomic E-state index is -0.178. The summed E-state index contributed by atoms with van der Waals surface area (Å²) in [6, 6.07) is 0.554. The van der Waals surface area contributed by atoms with Gasteiger partial charge in [0.25, 0.3) is 5.91 Å². The molecule has 3 heterocycles. The molecule has 1 amide bonds. The van der Waals surface area contributed by atoms with Crippen LogP contribution in [0.3, 0.4) is 0 Å². The first kappa shape index (κ1) is 17.9. The van der Waals surface area contributed by atoms with Crippen LogP contribution in [0.1, 0.15) is 36.2 Å². The summed E-state index contributed by atoms with van der Waals surface area (Å²) in [5.74, 6) is 0.584. The van der Waals surface area contributed by atoms with E-state index in [0.29, 0.717) is 18.3 Å². The van der Waals surface area contributed by atoms with Crippen molar-refractivity contribution >= 4 is 17.7 Å². The summed E-state index contributed by atoms with van der Waals surface area (Å²) >= 11 is 1.61. The van der Waals surface area contributed by atoms with Crippen molar-refractivity contribution in [3.63, 3.8) is 0 Å². The highest BCUT2D eigenvalue weighted by Crippen LogP contribution is 2.13. The smallest absolute Gasteiger partial charge is 0.273 e. The minimum absolute atomic E-state index is 0.178. The summed E-state index contributed by atoms with van der Waals surface area (Å²) in [6.45, 7) is 2.45. The number of hydrogen-bond acceptors (Lipinski definition) is 6. The summed E-state index contributed by atoms with van der Waals surface area (Å²) in [6.07, 6.45) is 10.2. The standard InChI is InChI=1S/C16H25N7OS/c1-22-10-7-19-16(22)25-11-8-18-15(24)14-12-23(21-20-14)9-5-13-4-2-3-6-17-13/h7,10,12-13,17H,2-6,8-9,11H2,1H3,(H,18,24)/t13-/m0/s1. The van der Waals surface area contributed by atoms with Gasteiger partial charge in [0.15, 0.2) is 10.9 Å². The third kappa shape index (κ3) is 5.30. The van der Waals surface area contributed by atoms with Crippen LogP contribution in [0, 0.1) is 0 Å². The van der Waals surface area contributed by atoms with Gasteiger partial charge in [-0.15, -0.1) is 5.10 Å². The van der Waals surface area contributed by atoms with E-state index < -0.39 is 0 Å². The average molecular weight is 363 g/mol. The number of rotatable bonds is 8. The first-order valence-corrected chi connectivity index (χ1v) is 9.73. The second-order valence-electron chi connectivity index (χ2n) is 6.23. The second-order valence-corrected chi connectivity index (χ2v) is 7.29. The Morgan fingerprint density at radius 2 is 2.40 bits per heavy atom. The van der Waals surface area contributed by atoms with E-state index in [9.17, 15) is 4.79 Å². The number of aryl methyl sites for hydroxylation is 2. The van der Waals surface area contributed by atoms with Crippen LogP contribution in [0.4, 0.5) is 0 Å². The molecule has 25 heavy (non-hydrogen) atoms. The molecule has 136 valence electrons. The van der Waals surface area contributed by atoms with Crippen LogP contribution >= 0.6 is 11.8 Å². The van der Waals surface area contributed by atoms with Gasteiger partial charge in [-0.3, -0.25) is 9.48 Å². The van der Waals surface area contributed by atoms with Gasteiger partial charge in [-0.05, 0) is 25.8 Å². The lowest BCUT2D eigenvalue weighted by Gasteiger charge is -2.23. The summed E-state index contributed by atoms with van der Waals surface area (Å²) in [5.41, 5.74) is 0.374. The molecule has 1 saturated heterocycles. The predicted molar refractivity (Wildman–Crippen MR) is 96.5 cm³/mol. The van der Waals surface area contributed by atoms with Gasteiger partial charge in [0.1, 0.15) is 0 Å². The number of nitrogens with one attached hydrogen (secondary N) is 2. The lowest BCUT2D eigenvalue weighted by Crippen LogP contribution is -2.34. The average Bonchev–Trinajstić information content (AvgIpc) is 3.27. The minimum Gasteiger partial charge on any atom is -0.350 e. The molecule has 0 saturated carbocycles. The van der Waals surface area contributed by atoms with Crippen molar-refractivity contribution in [2.24, 2.45) is 7.05 Å². The molecule has 1 atom stereocenters. The van der Waals surface area contributed by atoms with Crippen LogP contribution in [0.2, 0.25) is 0 Å². The van der Waals surface area contributed by atoms with Gasteiger partial charge in [-0.25, -0.2) is 4.98 Å². The van der Waals surface area contributed by atoms with Crippen LogP contribution < -0.4 is 10.6 Å². The van der Waals surface area contributed by atoms with Crippen molar-refractivity contribution in [3.05, 3.63) is 24.3 Å². The number of amides is 1. The highest BCUT2D eigenvalue weighted by molar-refractivity contribution is 7.99. The number of carbonyl (C=O) groups is 1. The maximum absolute atomic E-state index is 12.1. The third-order valence-corrected chi connectivity index (χ3v) is 5.35. The number of thioether (sulfide) groups is 1. The fourth-order valence-electron chi connectivity index (χ4n) is 2.86. The molecule has 1 fully saturated rings. The van der Waals surface area contributed by atoms with Crippen LogP contribution in [0.15, 0.2) is 23.7 Å². The van der Waals surface area contributed by atoms with E-state index in [4.69, 9.17) is 0 Å². The fraction of sp³-hybridized carbons (Fsp3) is 0.625. The molecule has 2 aromatic rings. The summed E-state index contributed by atoms with van der Waals surface area (Å²) in [5, 5.41) is 15.4. The van der Waals surface area contributed by atoms with Crippen molar-refractivity contribution < 1.29 is 4.79 Å². The van der Waals surface area contributed by atoms with E-state index in [0.717, 1.165) is 30.4 Å². The molecule has 0 unspecified atom stereocenters. The first-order valence-electron chi connectivity index (χ1n) is 8.74. The molecule has 0 radical (unpaired) electrons. The SMILES string of the molecule is Cn1ccnc1SCCNC(=O)c1cn(CC[C@@H]2CCCCN2)nn1. The van der Waals surface area contributed by atoms with E-state index in [1.807, 2.05) is 17.8 Å². The topological polar surface area (TPSA) is 89.7 Å². The van der Waals surface area contributed by atoms with Gasteiger partial charge < -0.3 is 15.2 Å². The largest absolute Gasteiger partial charge is 0.350 e. The van der Waals surface area contributed by atoms with E-state index in [-0.39, 0.29) is 5.91 Å². The van der Waals surface area contributed by atoms with E-state index in [2.05, 4.69) is 25.9 Å². The molecule has 0 aromatic carbocycles. The number of piperidine rings is 1. The number of carbonyl (C=O) groups excluding carboxylic acids is 1. The van der Waals surface area contributed by atoms with Gasteiger partial charge in [0, 0.05) is 44.3 Å². The van der Waals surface area contributed by atoms with Gasteiger partial charge in [-0.2, -0.15) is 0 Å². The van der Waals surface area contributed by atoms with Crippen LogP contribution in [0.5, 0.6) is 0 Å². The highest BCUT2D eigenvalue weighted by Gasteiger charge is 2.14. The van der Waals surface area contributed by atoms with Crippen LogP contribution in [0.25, 0.3) is 0 Å². The Kier molecular flexibility index (Phi) is 6.46. The Bertz CT molecular complexity index is 678. The van der Waals surface area contributed by atoms with Crippen molar-refractivity contribution in [1.82, 2.24) is 35.2 Å². The molecule has 0 bridgehead atoms. The monoisotopic (exact) mass is 363 g/mol. The van der Waals surface area contributed by atoms with Gasteiger partial charge >= 0.3 is 0 Å². The van der Waals surface area contributed by atoms with E-state index in [1.54, 1.807) is 28.8 Å². The Hall–Kier alpha value is -1.87. The molecule has 3 rings (SSSR count). The second kappa shape index (κ2) is 9.00. The van der Waals surface area contributed by atoms with Gasteiger partial charge in [-0.1, -0.05) is 23.4 Å². The molecular weight excluding hydrogens is 338 g/mol. The molecule has 2 aromatic heterocycles. The normalized spacial score (nSPS) is 17.6. The Morgan fingerprint density at radius 3 is 3.16 bits per heavy atom. The molecule has 2 N–H and O–H groups in total. The van der Waals surface area contributed by atoms with Crippen LogP contribution in [-0.4, -0.2) is 55.3 Å². The number of aromatic nitrogens is 5. The van der Waals surface area contributed by atoms with Gasteiger partial charge in [0.05, 0.1) is 6.20 Å². The van der Waals surface area contributed by atoms with Gasteiger partial charge in [0.2, 0.25) is 0 Å². The lowest BCUT2D eigenvalue weighted by atomic mass is 10.0. The zero-order valence-corrected chi connectivity index (χ0v) is 15.3. The number of imidazole rings is 1. The number of nitrogens with zero attached hydrogens (tertiary/aromatic N) is 5. The Labute approximate surface area is 151 Å². The van der Waals surface area contributed by atoms with Crippen molar-refractivity contribution in [2.45, 2.75) is 43.4 Å². The molecule has 8 nitrogen and oxygen atoms in total. The Morgan fingerprint density at radius 1 is 1.48 bits per heavy atom. The molecule has 9 heteroatoms. The quantitative estimate of drug-likeness (QED) is 0.539. The number of hydrogen-bond donors (Lipinski definition) is 2. The molecule has 0 aliphatic carbocycles. The summed E-state index contributed by atoms with van der Waals surface area (Å²) < 4.78 is 3.72. The predicted octanol–water partition coefficient (Wildman–Crippen LogP) is 1.07. The third-order valence-electron chi connectivity index (χ3n) is 4.29. The maximum Gasteiger partial charge on any atom is 0.273 e. The van der Waals surface area contributed by atoms with Crippen molar-refractivity contribution in [2.75, 3.05) is 18.8 Å². The van der Waals surface area contributed by atoms with E-state index >= 15 is 0 Å². The van der Waals surface area contributed by atoms with Crippen LogP contribution in [-0.2, 0) is 13.6 Å². The molecule has 0 spiro atoms. The zero-order chi connectivity index (χ0) is 17.5. The Balaban J connectivity index is 1.37. The van der Waals surface area contributed by atoms with Crippen molar-refractivity contribution in [3.8, 4) is 0 Å². The molecular formula is C16H25N7OS. The first-order chi connectivity index (χ1) is 12.2. The molecule has 1 aliphatic rings. The van der Waals surface area contributed by atoms with Crippen molar-refractivity contribution in [1.29, 1.82) is 0 Å². The molecule has 1 aliphatic heterocycles. The fourth-order valence-corrected chi connectivity index (χ4v) is 3.65. The zero-order valence-electron chi connectivity index (χ0n) is 14.5. The lowest BCUT2D eigenvalue weighted by molar-refractivity contribution is 0.0951. The maximum atomic E-state index is 12.1. The summed E-state index contributed by atoms with van der Waals surface area (Å²) in [7, 11) is 1.95. The van der Waals surface area contributed by atoms with E-state index in [1.165, 1.54) is 19.3 Å². The summed E-state index contributed by atoms with van der Waals surface area (Å²) in [4.78, 5) is 16.4.